The molecule has 1 N–H and O–H groups in total. The number of nitrogens with zero attached hydrogens (tertiary/aromatic N) is 4. The second-order valence-electron chi connectivity index (χ2n) is 7.35. The molecule has 0 fully saturated rings. The molecule has 146 valence electrons. The predicted octanol–water partition coefficient (Wildman–Crippen LogP) is 4.36. The van der Waals surface area contributed by atoms with E-state index in [1.807, 2.05) is 75.0 Å². The van der Waals surface area contributed by atoms with Crippen LogP contribution in [-0.4, -0.2) is 25.7 Å². The molecule has 0 spiro atoms. The lowest BCUT2D eigenvalue weighted by atomic mass is 10.0. The number of benzene rings is 1. The summed E-state index contributed by atoms with van der Waals surface area (Å²) in [4.78, 5) is 21.9. The Morgan fingerprint density at radius 1 is 1.10 bits per heavy atom. The standard InChI is InChI=1S/C23H23N5O/c1-14-7-8-21-19(10-14)20(11-15(2)25-21)23(29)26-22-16(3)27-28(17(22)4)13-18-6-5-9-24-12-18/h5-12H,13H2,1-4H3,(H,26,29). The lowest BCUT2D eigenvalue weighted by Crippen LogP contribution is -2.14. The largest absolute Gasteiger partial charge is 0.319 e. The third kappa shape index (κ3) is 3.74. The van der Waals surface area contributed by atoms with Crippen LogP contribution < -0.4 is 5.32 Å². The van der Waals surface area contributed by atoms with Crippen molar-refractivity contribution in [3.8, 4) is 0 Å². The van der Waals surface area contributed by atoms with Crippen LogP contribution in [-0.2, 0) is 6.54 Å². The highest BCUT2D eigenvalue weighted by atomic mass is 16.1. The molecule has 4 aromatic rings. The van der Waals surface area contributed by atoms with Gasteiger partial charge in [0.05, 0.1) is 34.7 Å². The number of nitrogens with one attached hydrogen (secondary N) is 1. The van der Waals surface area contributed by atoms with Crippen LogP contribution >= 0.6 is 0 Å². The molecule has 3 aromatic heterocycles. The molecule has 0 aliphatic heterocycles. The van der Waals surface area contributed by atoms with E-state index in [-0.39, 0.29) is 5.91 Å². The summed E-state index contributed by atoms with van der Waals surface area (Å²) >= 11 is 0. The summed E-state index contributed by atoms with van der Waals surface area (Å²) in [6.45, 7) is 8.39. The first kappa shape index (κ1) is 18.8. The molecule has 6 heteroatoms. The quantitative estimate of drug-likeness (QED) is 0.566. The Morgan fingerprint density at radius 3 is 2.69 bits per heavy atom. The second-order valence-corrected chi connectivity index (χ2v) is 7.35. The van der Waals surface area contributed by atoms with Crippen molar-refractivity contribution in [3.63, 3.8) is 0 Å². The van der Waals surface area contributed by atoms with Crippen molar-refractivity contribution in [1.29, 1.82) is 0 Å². The van der Waals surface area contributed by atoms with Gasteiger partial charge in [-0.15, -0.1) is 0 Å². The maximum atomic E-state index is 13.2. The van der Waals surface area contributed by atoms with Crippen LogP contribution in [0.4, 0.5) is 5.69 Å². The number of amides is 1. The van der Waals surface area contributed by atoms with Gasteiger partial charge in [-0.2, -0.15) is 5.10 Å². The normalized spacial score (nSPS) is 11.0. The van der Waals surface area contributed by atoms with E-state index in [2.05, 4.69) is 20.4 Å². The van der Waals surface area contributed by atoms with Crippen LogP contribution in [0, 0.1) is 27.7 Å². The SMILES string of the molecule is Cc1ccc2nc(C)cc(C(=O)Nc3c(C)nn(Cc4cccnc4)c3C)c2c1. The molecule has 1 amide bonds. The van der Waals surface area contributed by atoms with Gasteiger partial charge in [0, 0.05) is 23.5 Å². The summed E-state index contributed by atoms with van der Waals surface area (Å²) in [5, 5.41) is 8.54. The van der Waals surface area contributed by atoms with Crippen molar-refractivity contribution in [2.24, 2.45) is 0 Å². The molecular formula is C23H23N5O. The molecule has 0 bridgehead atoms. The van der Waals surface area contributed by atoms with E-state index < -0.39 is 0 Å². The van der Waals surface area contributed by atoms with E-state index in [1.165, 1.54) is 0 Å². The molecule has 6 nitrogen and oxygen atoms in total. The molecule has 3 heterocycles. The number of aryl methyl sites for hydroxylation is 3. The Labute approximate surface area is 169 Å². The highest BCUT2D eigenvalue weighted by Crippen LogP contribution is 2.24. The zero-order valence-electron chi connectivity index (χ0n) is 17.0. The summed E-state index contributed by atoms with van der Waals surface area (Å²) < 4.78 is 1.89. The molecule has 1 aromatic carbocycles. The van der Waals surface area contributed by atoms with Crippen LogP contribution in [0.15, 0.2) is 48.8 Å². The number of carbonyl (C=O) groups excluding carboxylic acids is 1. The van der Waals surface area contributed by atoms with Gasteiger partial charge in [-0.25, -0.2) is 0 Å². The lowest BCUT2D eigenvalue weighted by molar-refractivity contribution is 0.102. The fraction of sp³-hybridized carbons (Fsp3) is 0.217. The van der Waals surface area contributed by atoms with Gasteiger partial charge < -0.3 is 5.32 Å². The molecular weight excluding hydrogens is 362 g/mol. The third-order valence-electron chi connectivity index (χ3n) is 5.01. The molecule has 4 rings (SSSR count). The van der Waals surface area contributed by atoms with Gasteiger partial charge in [0.1, 0.15) is 0 Å². The summed E-state index contributed by atoms with van der Waals surface area (Å²) in [5.41, 5.74) is 6.84. The van der Waals surface area contributed by atoms with Crippen molar-refractivity contribution >= 4 is 22.5 Å². The number of fused-ring (bicyclic) bond motifs is 1. The number of hydrogen-bond acceptors (Lipinski definition) is 4. The maximum Gasteiger partial charge on any atom is 0.256 e. The van der Waals surface area contributed by atoms with Gasteiger partial charge in [0.15, 0.2) is 0 Å². The van der Waals surface area contributed by atoms with Gasteiger partial charge >= 0.3 is 0 Å². The third-order valence-corrected chi connectivity index (χ3v) is 5.01. The number of aromatic nitrogens is 4. The predicted molar refractivity (Wildman–Crippen MR) is 114 cm³/mol. The average Bonchev–Trinajstić information content (AvgIpc) is 2.96. The first-order valence-electron chi connectivity index (χ1n) is 9.54. The van der Waals surface area contributed by atoms with Gasteiger partial charge in [-0.1, -0.05) is 17.7 Å². The Kier molecular flexibility index (Phi) is 4.84. The highest BCUT2D eigenvalue weighted by Gasteiger charge is 2.18. The molecule has 0 unspecified atom stereocenters. The van der Waals surface area contributed by atoms with Crippen LogP contribution in [0.1, 0.15) is 38.6 Å². The van der Waals surface area contributed by atoms with Crippen molar-refractivity contribution < 1.29 is 4.79 Å². The zero-order chi connectivity index (χ0) is 20.5. The minimum atomic E-state index is -0.154. The first-order chi connectivity index (χ1) is 13.9. The summed E-state index contributed by atoms with van der Waals surface area (Å²) in [6, 6.07) is 11.7. The van der Waals surface area contributed by atoms with E-state index >= 15 is 0 Å². The summed E-state index contributed by atoms with van der Waals surface area (Å²) in [5.74, 6) is -0.154. The van der Waals surface area contributed by atoms with Gasteiger partial charge in [0.2, 0.25) is 0 Å². The Balaban J connectivity index is 1.67. The minimum Gasteiger partial charge on any atom is -0.319 e. The van der Waals surface area contributed by atoms with E-state index in [9.17, 15) is 4.79 Å². The second kappa shape index (κ2) is 7.47. The molecule has 29 heavy (non-hydrogen) atoms. The van der Waals surface area contributed by atoms with Crippen LogP contribution in [0.5, 0.6) is 0 Å². The number of anilines is 1. The fourth-order valence-electron chi connectivity index (χ4n) is 3.54. The Bertz CT molecular complexity index is 1210. The first-order valence-corrected chi connectivity index (χ1v) is 9.54. The van der Waals surface area contributed by atoms with E-state index in [1.54, 1.807) is 6.20 Å². The van der Waals surface area contributed by atoms with Gasteiger partial charge in [0.25, 0.3) is 5.91 Å². The minimum absolute atomic E-state index is 0.154. The monoisotopic (exact) mass is 385 g/mol. The van der Waals surface area contributed by atoms with Crippen LogP contribution in [0.3, 0.4) is 0 Å². The molecule has 0 aliphatic rings. The van der Waals surface area contributed by atoms with Crippen molar-refractivity contribution in [2.45, 2.75) is 34.2 Å². The number of rotatable bonds is 4. The summed E-state index contributed by atoms with van der Waals surface area (Å²) in [6.07, 6.45) is 3.57. The van der Waals surface area contributed by atoms with Gasteiger partial charge in [-0.3, -0.25) is 19.4 Å². The van der Waals surface area contributed by atoms with Crippen molar-refractivity contribution in [2.75, 3.05) is 5.32 Å². The molecule has 0 atom stereocenters. The van der Waals surface area contributed by atoms with Crippen LogP contribution in [0.2, 0.25) is 0 Å². The average molecular weight is 385 g/mol. The molecule has 0 aliphatic carbocycles. The van der Waals surface area contributed by atoms with Crippen molar-refractivity contribution in [3.05, 3.63) is 82.6 Å². The molecule has 0 saturated heterocycles. The maximum absolute atomic E-state index is 13.2. The Morgan fingerprint density at radius 2 is 1.93 bits per heavy atom. The lowest BCUT2D eigenvalue weighted by Gasteiger charge is -2.10. The molecule has 0 saturated carbocycles. The van der Waals surface area contributed by atoms with E-state index in [0.717, 1.165) is 44.8 Å². The van der Waals surface area contributed by atoms with E-state index in [4.69, 9.17) is 0 Å². The highest BCUT2D eigenvalue weighted by molar-refractivity contribution is 6.12. The zero-order valence-corrected chi connectivity index (χ0v) is 17.0. The van der Waals surface area contributed by atoms with Crippen LogP contribution in [0.25, 0.3) is 10.9 Å². The van der Waals surface area contributed by atoms with E-state index in [0.29, 0.717) is 12.1 Å². The topological polar surface area (TPSA) is 72.7 Å². The smallest absolute Gasteiger partial charge is 0.256 e. The number of carbonyl (C=O) groups is 1. The molecule has 0 radical (unpaired) electrons. The number of pyridine rings is 2. The number of hydrogen-bond donors (Lipinski definition) is 1. The van der Waals surface area contributed by atoms with Crippen molar-refractivity contribution in [1.82, 2.24) is 19.7 Å². The van der Waals surface area contributed by atoms with Gasteiger partial charge in [-0.05, 0) is 57.5 Å². The summed E-state index contributed by atoms with van der Waals surface area (Å²) in [7, 11) is 0. The Hall–Kier alpha value is -3.54. The fourth-order valence-corrected chi connectivity index (χ4v) is 3.54.